The summed E-state index contributed by atoms with van der Waals surface area (Å²) >= 11 is 0. The first kappa shape index (κ1) is 11.7. The number of nitrogens with one attached hydrogen (secondary N) is 1. The topological polar surface area (TPSA) is 37.8 Å². The minimum Gasteiger partial charge on any atom is -0.350 e. The lowest BCUT2D eigenvalue weighted by Crippen LogP contribution is -2.03. The van der Waals surface area contributed by atoms with Crippen LogP contribution in [0.4, 0.5) is 5.95 Å². The van der Waals surface area contributed by atoms with E-state index >= 15 is 0 Å². The molecule has 1 heterocycles. The summed E-state index contributed by atoms with van der Waals surface area (Å²) in [7, 11) is 0. The first-order chi connectivity index (χ1) is 9.31. The number of rotatable bonds is 3. The van der Waals surface area contributed by atoms with E-state index in [1.54, 1.807) is 0 Å². The van der Waals surface area contributed by atoms with Gasteiger partial charge >= 0.3 is 0 Å². The monoisotopic (exact) mass is 249 g/mol. The number of nitrogens with zero attached hydrogens (tertiary/aromatic N) is 2. The average molecular weight is 249 g/mol. The second kappa shape index (κ2) is 5.06. The van der Waals surface area contributed by atoms with Crippen LogP contribution in [0, 0.1) is 6.92 Å². The van der Waals surface area contributed by atoms with Crippen LogP contribution in [0.1, 0.15) is 11.1 Å². The van der Waals surface area contributed by atoms with E-state index < -0.39 is 0 Å². The normalized spacial score (nSPS) is 10.6. The van der Waals surface area contributed by atoms with Crippen LogP contribution < -0.4 is 5.32 Å². The van der Waals surface area contributed by atoms with Gasteiger partial charge < -0.3 is 5.32 Å². The molecule has 0 unspecified atom stereocenters. The van der Waals surface area contributed by atoms with Crippen molar-refractivity contribution in [3.63, 3.8) is 0 Å². The van der Waals surface area contributed by atoms with Gasteiger partial charge in [-0.15, -0.1) is 0 Å². The smallest absolute Gasteiger partial charge is 0.223 e. The Labute approximate surface area is 112 Å². The summed E-state index contributed by atoms with van der Waals surface area (Å²) in [6, 6.07) is 16.4. The van der Waals surface area contributed by atoms with Crippen molar-refractivity contribution in [2.45, 2.75) is 13.5 Å². The van der Waals surface area contributed by atoms with Gasteiger partial charge in [0.25, 0.3) is 0 Å². The number of hydrogen-bond donors (Lipinski definition) is 1. The van der Waals surface area contributed by atoms with Crippen LogP contribution in [-0.2, 0) is 6.54 Å². The van der Waals surface area contributed by atoms with Crippen LogP contribution in [0.3, 0.4) is 0 Å². The number of fused-ring (bicyclic) bond motifs is 1. The maximum absolute atomic E-state index is 4.49. The first-order valence-corrected chi connectivity index (χ1v) is 6.32. The molecule has 0 spiro atoms. The quantitative estimate of drug-likeness (QED) is 0.771. The minimum absolute atomic E-state index is 0.666. The summed E-state index contributed by atoms with van der Waals surface area (Å²) in [5.74, 6) is 0.666. The fourth-order valence-electron chi connectivity index (χ4n) is 1.94. The van der Waals surface area contributed by atoms with E-state index in [4.69, 9.17) is 0 Å². The Morgan fingerprint density at radius 3 is 2.63 bits per heavy atom. The zero-order chi connectivity index (χ0) is 13.1. The minimum atomic E-state index is 0.666. The van der Waals surface area contributed by atoms with Gasteiger partial charge in [-0.2, -0.15) is 0 Å². The van der Waals surface area contributed by atoms with E-state index in [2.05, 4.69) is 46.5 Å². The lowest BCUT2D eigenvalue weighted by molar-refractivity contribution is 1.07. The molecule has 0 fully saturated rings. The zero-order valence-electron chi connectivity index (χ0n) is 10.8. The van der Waals surface area contributed by atoms with Crippen molar-refractivity contribution in [3.05, 3.63) is 65.9 Å². The molecule has 0 amide bonds. The number of benzene rings is 2. The van der Waals surface area contributed by atoms with E-state index in [0.717, 1.165) is 17.4 Å². The fourth-order valence-corrected chi connectivity index (χ4v) is 1.94. The molecular weight excluding hydrogens is 234 g/mol. The second-order valence-electron chi connectivity index (χ2n) is 4.59. The van der Waals surface area contributed by atoms with Crippen molar-refractivity contribution >= 4 is 16.9 Å². The summed E-state index contributed by atoms with van der Waals surface area (Å²) in [5.41, 5.74) is 3.46. The third kappa shape index (κ3) is 2.71. The van der Waals surface area contributed by atoms with Crippen molar-refractivity contribution in [2.24, 2.45) is 0 Å². The molecule has 0 aliphatic heterocycles. The summed E-state index contributed by atoms with van der Waals surface area (Å²) in [5, 5.41) is 4.31. The van der Waals surface area contributed by atoms with Gasteiger partial charge in [0.05, 0.1) is 5.52 Å². The van der Waals surface area contributed by atoms with Gasteiger partial charge in [-0.05, 0) is 18.6 Å². The van der Waals surface area contributed by atoms with E-state index in [9.17, 15) is 0 Å². The first-order valence-electron chi connectivity index (χ1n) is 6.32. The fraction of sp³-hybridized carbons (Fsp3) is 0.125. The average Bonchev–Trinajstić information content (AvgIpc) is 2.46. The van der Waals surface area contributed by atoms with Gasteiger partial charge in [-0.25, -0.2) is 9.97 Å². The number of para-hydroxylation sites is 1. The van der Waals surface area contributed by atoms with Crippen molar-refractivity contribution in [3.8, 4) is 0 Å². The summed E-state index contributed by atoms with van der Waals surface area (Å²) in [4.78, 5) is 8.80. The lowest BCUT2D eigenvalue weighted by Gasteiger charge is -2.06. The Morgan fingerprint density at radius 1 is 1.00 bits per heavy atom. The number of anilines is 1. The van der Waals surface area contributed by atoms with E-state index in [0.29, 0.717) is 5.95 Å². The molecule has 19 heavy (non-hydrogen) atoms. The molecule has 3 nitrogen and oxygen atoms in total. The largest absolute Gasteiger partial charge is 0.350 e. The molecule has 0 radical (unpaired) electrons. The van der Waals surface area contributed by atoms with Crippen molar-refractivity contribution in [2.75, 3.05) is 5.32 Å². The Kier molecular flexibility index (Phi) is 3.11. The number of hydrogen-bond acceptors (Lipinski definition) is 3. The number of aromatic nitrogens is 2. The van der Waals surface area contributed by atoms with Crippen LogP contribution in [0.25, 0.3) is 10.9 Å². The van der Waals surface area contributed by atoms with E-state index in [1.165, 1.54) is 11.1 Å². The molecule has 0 aliphatic carbocycles. The molecule has 3 rings (SSSR count). The summed E-state index contributed by atoms with van der Waals surface area (Å²) in [6.45, 7) is 2.82. The third-order valence-electron chi connectivity index (χ3n) is 3.06. The molecular formula is C16H15N3. The summed E-state index contributed by atoms with van der Waals surface area (Å²) < 4.78 is 0. The molecule has 0 atom stereocenters. The second-order valence-corrected chi connectivity index (χ2v) is 4.59. The van der Waals surface area contributed by atoms with Gasteiger partial charge in [-0.1, -0.05) is 48.0 Å². The van der Waals surface area contributed by atoms with Crippen LogP contribution >= 0.6 is 0 Å². The highest BCUT2D eigenvalue weighted by Gasteiger charge is 1.99. The van der Waals surface area contributed by atoms with Gasteiger partial charge in [0.2, 0.25) is 5.95 Å². The molecule has 3 heteroatoms. The Morgan fingerprint density at radius 2 is 1.79 bits per heavy atom. The molecule has 1 aromatic heterocycles. The molecule has 0 bridgehead atoms. The molecule has 2 aromatic carbocycles. The predicted molar refractivity (Wildman–Crippen MR) is 78.0 cm³/mol. The Balaban J connectivity index is 1.76. The van der Waals surface area contributed by atoms with E-state index in [1.807, 2.05) is 30.5 Å². The van der Waals surface area contributed by atoms with Crippen LogP contribution in [0.5, 0.6) is 0 Å². The molecule has 3 aromatic rings. The summed E-state index contributed by atoms with van der Waals surface area (Å²) in [6.07, 6.45) is 1.85. The van der Waals surface area contributed by atoms with Gasteiger partial charge in [0.1, 0.15) is 0 Å². The Bertz CT molecular complexity index is 690. The molecule has 94 valence electrons. The van der Waals surface area contributed by atoms with E-state index in [-0.39, 0.29) is 0 Å². The lowest BCUT2D eigenvalue weighted by atomic mass is 10.1. The third-order valence-corrected chi connectivity index (χ3v) is 3.06. The van der Waals surface area contributed by atoms with Crippen LogP contribution in [-0.4, -0.2) is 9.97 Å². The maximum atomic E-state index is 4.49. The standard InChI is InChI=1S/C16H15N3/c1-12-6-8-13(9-7-12)10-17-16-18-11-14-4-2-3-5-15(14)19-16/h2-9,11H,10H2,1H3,(H,17,18,19). The highest BCUT2D eigenvalue weighted by Crippen LogP contribution is 2.12. The van der Waals surface area contributed by atoms with Crippen molar-refractivity contribution in [1.82, 2.24) is 9.97 Å². The Hall–Kier alpha value is -2.42. The van der Waals surface area contributed by atoms with Crippen molar-refractivity contribution < 1.29 is 0 Å². The molecule has 0 saturated carbocycles. The van der Waals surface area contributed by atoms with Gasteiger partial charge in [0, 0.05) is 18.1 Å². The molecule has 0 saturated heterocycles. The highest BCUT2D eigenvalue weighted by atomic mass is 15.1. The van der Waals surface area contributed by atoms with Gasteiger partial charge in [-0.3, -0.25) is 0 Å². The van der Waals surface area contributed by atoms with Gasteiger partial charge in [0.15, 0.2) is 0 Å². The van der Waals surface area contributed by atoms with Crippen molar-refractivity contribution in [1.29, 1.82) is 0 Å². The SMILES string of the molecule is Cc1ccc(CNc2ncc3ccccc3n2)cc1. The highest BCUT2D eigenvalue weighted by molar-refractivity contribution is 5.78. The van der Waals surface area contributed by atoms with Crippen LogP contribution in [0.2, 0.25) is 0 Å². The predicted octanol–water partition coefficient (Wildman–Crippen LogP) is 3.55. The maximum Gasteiger partial charge on any atom is 0.223 e. The molecule has 1 N–H and O–H groups in total. The molecule has 0 aliphatic rings. The van der Waals surface area contributed by atoms with Crippen LogP contribution in [0.15, 0.2) is 54.7 Å². The zero-order valence-corrected chi connectivity index (χ0v) is 10.8. The number of aryl methyl sites for hydroxylation is 1.